The first-order chi connectivity index (χ1) is 7.08. The molecule has 15 heavy (non-hydrogen) atoms. The number of aryl methyl sites for hydroxylation is 1. The molecule has 0 heterocycles. The summed E-state index contributed by atoms with van der Waals surface area (Å²) in [5, 5.41) is 8.91. The van der Waals surface area contributed by atoms with Crippen LogP contribution in [0.2, 0.25) is 0 Å². The van der Waals surface area contributed by atoms with Gasteiger partial charge in [-0.1, -0.05) is 30.3 Å². The summed E-state index contributed by atoms with van der Waals surface area (Å²) >= 11 is 0. The van der Waals surface area contributed by atoms with Crippen molar-refractivity contribution in [2.75, 3.05) is 6.54 Å². The Kier molecular flexibility index (Phi) is 3.82. The fourth-order valence-electron chi connectivity index (χ4n) is 1.31. The molecule has 0 aromatic heterocycles. The van der Waals surface area contributed by atoms with E-state index in [1.54, 1.807) is 0 Å². The van der Waals surface area contributed by atoms with E-state index in [2.05, 4.69) is 0 Å². The lowest BCUT2D eigenvalue weighted by atomic mass is 9.92. The predicted molar refractivity (Wildman–Crippen MR) is 58.4 cm³/mol. The average Bonchev–Trinajstić information content (AvgIpc) is 2.27. The van der Waals surface area contributed by atoms with E-state index in [0.29, 0.717) is 12.8 Å². The van der Waals surface area contributed by atoms with Crippen molar-refractivity contribution in [2.24, 2.45) is 11.5 Å². The number of carboxylic acids is 1. The fraction of sp³-hybridized carbons (Fsp3) is 0.364. The third-order valence-electron chi connectivity index (χ3n) is 2.49. The van der Waals surface area contributed by atoms with Gasteiger partial charge in [-0.3, -0.25) is 4.79 Å². The Balaban J connectivity index is 2.59. The second-order valence-electron chi connectivity index (χ2n) is 3.65. The molecule has 1 aromatic carbocycles. The smallest absolute Gasteiger partial charge is 0.325 e. The van der Waals surface area contributed by atoms with Crippen LogP contribution in [0.1, 0.15) is 12.0 Å². The number of nitrogens with two attached hydrogens (primary N) is 2. The largest absolute Gasteiger partial charge is 0.480 e. The van der Waals surface area contributed by atoms with Gasteiger partial charge in [0.15, 0.2) is 0 Å². The maximum Gasteiger partial charge on any atom is 0.325 e. The van der Waals surface area contributed by atoms with Crippen LogP contribution < -0.4 is 11.5 Å². The third kappa shape index (κ3) is 3.04. The van der Waals surface area contributed by atoms with Gasteiger partial charge in [-0.2, -0.15) is 0 Å². The van der Waals surface area contributed by atoms with E-state index >= 15 is 0 Å². The van der Waals surface area contributed by atoms with Gasteiger partial charge < -0.3 is 16.6 Å². The lowest BCUT2D eigenvalue weighted by molar-refractivity contribution is -0.143. The van der Waals surface area contributed by atoms with E-state index in [1.807, 2.05) is 30.3 Å². The lowest BCUT2D eigenvalue weighted by Crippen LogP contribution is -2.54. The molecule has 1 unspecified atom stereocenters. The van der Waals surface area contributed by atoms with Crippen LogP contribution in [0.4, 0.5) is 0 Å². The first-order valence-corrected chi connectivity index (χ1v) is 4.85. The van der Waals surface area contributed by atoms with Crippen LogP contribution in [0.15, 0.2) is 30.3 Å². The second-order valence-corrected chi connectivity index (χ2v) is 3.65. The third-order valence-corrected chi connectivity index (χ3v) is 2.49. The minimum Gasteiger partial charge on any atom is -0.480 e. The summed E-state index contributed by atoms with van der Waals surface area (Å²) in [5.41, 5.74) is 10.8. The molecule has 0 aliphatic rings. The molecule has 0 spiro atoms. The summed E-state index contributed by atoms with van der Waals surface area (Å²) in [6.07, 6.45) is 0.976. The standard InChI is InChI=1S/C11H16N2O2/c12-8-11(13,10(14)15)7-6-9-4-2-1-3-5-9/h1-5H,6-8,12-13H2,(H,14,15). The number of carbonyl (C=O) groups is 1. The molecule has 0 radical (unpaired) electrons. The van der Waals surface area contributed by atoms with Crippen LogP contribution in [0, 0.1) is 0 Å². The molecule has 82 valence electrons. The second kappa shape index (κ2) is 4.91. The molecule has 1 aromatic rings. The van der Waals surface area contributed by atoms with E-state index in [1.165, 1.54) is 0 Å². The van der Waals surface area contributed by atoms with Crippen molar-refractivity contribution in [1.82, 2.24) is 0 Å². The first kappa shape index (κ1) is 11.7. The van der Waals surface area contributed by atoms with Gasteiger partial charge in [0.1, 0.15) is 5.54 Å². The Labute approximate surface area is 88.9 Å². The molecule has 0 saturated heterocycles. The van der Waals surface area contributed by atoms with Gasteiger partial charge in [-0.05, 0) is 18.4 Å². The van der Waals surface area contributed by atoms with Gasteiger partial charge in [0.25, 0.3) is 0 Å². The topological polar surface area (TPSA) is 89.3 Å². The van der Waals surface area contributed by atoms with Gasteiger partial charge in [-0.25, -0.2) is 0 Å². The highest BCUT2D eigenvalue weighted by Gasteiger charge is 2.31. The number of hydrogen-bond donors (Lipinski definition) is 3. The molecule has 0 fully saturated rings. The normalized spacial score (nSPS) is 14.5. The molecule has 4 heteroatoms. The fourth-order valence-corrected chi connectivity index (χ4v) is 1.31. The van der Waals surface area contributed by atoms with Crippen molar-refractivity contribution in [3.8, 4) is 0 Å². The Hall–Kier alpha value is -1.39. The number of rotatable bonds is 5. The molecule has 0 saturated carbocycles. The minimum atomic E-state index is -1.31. The summed E-state index contributed by atoms with van der Waals surface area (Å²) in [5.74, 6) is -1.04. The zero-order valence-electron chi connectivity index (χ0n) is 8.52. The van der Waals surface area contributed by atoms with Gasteiger partial charge >= 0.3 is 5.97 Å². The van der Waals surface area contributed by atoms with Gasteiger partial charge in [-0.15, -0.1) is 0 Å². The molecule has 0 aliphatic heterocycles. The molecule has 1 rings (SSSR count). The average molecular weight is 208 g/mol. The minimum absolute atomic E-state index is 0.0465. The summed E-state index contributed by atoms with van der Waals surface area (Å²) < 4.78 is 0. The van der Waals surface area contributed by atoms with Crippen LogP contribution in [0.3, 0.4) is 0 Å². The quantitative estimate of drug-likeness (QED) is 0.651. The molecular formula is C11H16N2O2. The van der Waals surface area contributed by atoms with Crippen molar-refractivity contribution in [3.05, 3.63) is 35.9 Å². The predicted octanol–water partition coefficient (Wildman–Crippen LogP) is 0.360. The molecule has 1 atom stereocenters. The van der Waals surface area contributed by atoms with Gasteiger partial charge in [0.2, 0.25) is 0 Å². The summed E-state index contributed by atoms with van der Waals surface area (Å²) in [7, 11) is 0. The lowest BCUT2D eigenvalue weighted by Gasteiger charge is -2.22. The number of aliphatic carboxylic acids is 1. The van der Waals surface area contributed by atoms with Crippen LogP contribution in [0.5, 0.6) is 0 Å². The highest BCUT2D eigenvalue weighted by atomic mass is 16.4. The van der Waals surface area contributed by atoms with E-state index in [-0.39, 0.29) is 6.54 Å². The van der Waals surface area contributed by atoms with Crippen molar-refractivity contribution in [1.29, 1.82) is 0 Å². The van der Waals surface area contributed by atoms with E-state index in [4.69, 9.17) is 16.6 Å². The zero-order valence-corrected chi connectivity index (χ0v) is 8.52. The van der Waals surface area contributed by atoms with Crippen LogP contribution in [-0.2, 0) is 11.2 Å². The van der Waals surface area contributed by atoms with Crippen LogP contribution in [-0.4, -0.2) is 23.2 Å². The van der Waals surface area contributed by atoms with E-state index < -0.39 is 11.5 Å². The van der Waals surface area contributed by atoms with Crippen molar-refractivity contribution in [3.63, 3.8) is 0 Å². The SMILES string of the molecule is NCC(N)(CCc1ccccc1)C(=O)O. The highest BCUT2D eigenvalue weighted by molar-refractivity contribution is 5.78. The maximum absolute atomic E-state index is 10.9. The van der Waals surface area contributed by atoms with E-state index in [0.717, 1.165) is 5.56 Å². The number of hydrogen-bond acceptors (Lipinski definition) is 3. The maximum atomic E-state index is 10.9. The van der Waals surface area contributed by atoms with Crippen LogP contribution >= 0.6 is 0 Å². The van der Waals surface area contributed by atoms with Crippen LogP contribution in [0.25, 0.3) is 0 Å². The summed E-state index contributed by atoms with van der Waals surface area (Å²) in [4.78, 5) is 10.9. The molecule has 5 N–H and O–H groups in total. The van der Waals surface area contributed by atoms with Crippen molar-refractivity contribution < 1.29 is 9.90 Å². The molecule has 0 aliphatic carbocycles. The molecular weight excluding hydrogens is 192 g/mol. The Morgan fingerprint density at radius 2 is 1.93 bits per heavy atom. The highest BCUT2D eigenvalue weighted by Crippen LogP contribution is 2.11. The monoisotopic (exact) mass is 208 g/mol. The van der Waals surface area contributed by atoms with Crippen molar-refractivity contribution in [2.45, 2.75) is 18.4 Å². The van der Waals surface area contributed by atoms with Gasteiger partial charge in [0, 0.05) is 6.54 Å². The summed E-state index contributed by atoms with van der Waals surface area (Å²) in [6.45, 7) is -0.0465. The Bertz CT molecular complexity index is 327. The number of benzene rings is 1. The molecule has 0 amide bonds. The Morgan fingerprint density at radius 3 is 2.40 bits per heavy atom. The zero-order chi connectivity index (χ0) is 11.3. The molecule has 0 bridgehead atoms. The van der Waals surface area contributed by atoms with Crippen molar-refractivity contribution >= 4 is 5.97 Å². The van der Waals surface area contributed by atoms with E-state index in [9.17, 15) is 4.79 Å². The first-order valence-electron chi connectivity index (χ1n) is 4.85. The number of carboxylic acid groups (broad SMARTS) is 1. The molecule has 4 nitrogen and oxygen atoms in total. The van der Waals surface area contributed by atoms with Gasteiger partial charge in [0.05, 0.1) is 0 Å². The Morgan fingerprint density at radius 1 is 1.33 bits per heavy atom. The summed E-state index contributed by atoms with van der Waals surface area (Å²) in [6, 6.07) is 9.63.